The number of aryl methyl sites for hydroxylation is 1. The Morgan fingerprint density at radius 2 is 1.70 bits per heavy atom. The van der Waals surface area contributed by atoms with Crippen LogP contribution in [0.2, 0.25) is 0 Å². The van der Waals surface area contributed by atoms with Crippen molar-refractivity contribution in [3.63, 3.8) is 0 Å². The molecule has 0 aromatic heterocycles. The van der Waals surface area contributed by atoms with Crippen LogP contribution in [0.25, 0.3) is 0 Å². The van der Waals surface area contributed by atoms with E-state index in [1.54, 1.807) is 0 Å². The van der Waals surface area contributed by atoms with E-state index in [-0.39, 0.29) is 0 Å². The minimum absolute atomic E-state index is 0.562. The number of nitrogens with zero attached hydrogens (tertiary/aromatic N) is 1. The van der Waals surface area contributed by atoms with Crippen LogP contribution in [0.1, 0.15) is 24.5 Å². The third-order valence-corrected chi connectivity index (χ3v) is 3.69. The summed E-state index contributed by atoms with van der Waals surface area (Å²) in [4.78, 5) is 0. The lowest BCUT2D eigenvalue weighted by Gasteiger charge is -2.28. The van der Waals surface area contributed by atoms with Crippen molar-refractivity contribution < 1.29 is 0 Å². The summed E-state index contributed by atoms with van der Waals surface area (Å²) in [5.74, 6) is 0. The third-order valence-electron chi connectivity index (χ3n) is 3.69. The molecule has 0 radical (unpaired) electrons. The van der Waals surface area contributed by atoms with Gasteiger partial charge in [0, 0.05) is 12.1 Å². The first-order chi connectivity index (χ1) is 9.69. The molecule has 2 rings (SSSR count). The van der Waals surface area contributed by atoms with Gasteiger partial charge in [-0.1, -0.05) is 55.5 Å². The van der Waals surface area contributed by atoms with E-state index in [1.165, 1.54) is 5.56 Å². The van der Waals surface area contributed by atoms with Gasteiger partial charge >= 0.3 is 0 Å². The largest absolute Gasteiger partial charge is 0.367 e. The van der Waals surface area contributed by atoms with Crippen LogP contribution in [-0.2, 0) is 6.42 Å². The molecule has 2 aromatic carbocycles. The highest BCUT2D eigenvalue weighted by Crippen LogP contribution is 2.25. The molecule has 0 saturated heterocycles. The smallest absolute Gasteiger partial charge is 0.129 e. The first-order valence-electron chi connectivity index (χ1n) is 6.98. The molecule has 0 fully saturated rings. The van der Waals surface area contributed by atoms with Crippen LogP contribution < -0.4 is 5.32 Å². The van der Waals surface area contributed by atoms with Gasteiger partial charge in [-0.05, 0) is 30.5 Å². The van der Waals surface area contributed by atoms with Crippen LogP contribution in [0, 0.1) is 18.3 Å². The molecule has 0 bridgehead atoms. The number of anilines is 1. The van der Waals surface area contributed by atoms with Crippen molar-refractivity contribution in [3.8, 4) is 6.07 Å². The lowest BCUT2D eigenvalue weighted by molar-refractivity contribution is 0.563. The Morgan fingerprint density at radius 1 is 1.05 bits per heavy atom. The van der Waals surface area contributed by atoms with Gasteiger partial charge in [0.2, 0.25) is 0 Å². The van der Waals surface area contributed by atoms with Crippen molar-refractivity contribution >= 4 is 5.69 Å². The Balaban J connectivity index is 2.27. The fourth-order valence-electron chi connectivity index (χ4n) is 2.32. The normalized spacial score (nSPS) is 13.2. The van der Waals surface area contributed by atoms with E-state index >= 15 is 0 Å². The number of nitrogens with one attached hydrogen (secondary N) is 1. The van der Waals surface area contributed by atoms with Gasteiger partial charge in [0.05, 0.1) is 6.07 Å². The molecule has 0 spiro atoms. The Bertz CT molecular complexity index is 598. The molecular weight excluding hydrogens is 244 g/mol. The topological polar surface area (TPSA) is 35.8 Å². The second kappa shape index (κ2) is 6.25. The number of hydrogen-bond acceptors (Lipinski definition) is 2. The molecule has 2 nitrogen and oxygen atoms in total. The Labute approximate surface area is 121 Å². The summed E-state index contributed by atoms with van der Waals surface area (Å²) in [5.41, 5.74) is 2.81. The first kappa shape index (κ1) is 14.1. The van der Waals surface area contributed by atoms with Crippen molar-refractivity contribution in [3.05, 3.63) is 65.7 Å². The van der Waals surface area contributed by atoms with Gasteiger partial charge in [-0.2, -0.15) is 5.26 Å². The van der Waals surface area contributed by atoms with Crippen molar-refractivity contribution in [1.29, 1.82) is 5.26 Å². The Morgan fingerprint density at radius 3 is 2.30 bits per heavy atom. The van der Waals surface area contributed by atoms with Gasteiger partial charge in [0.1, 0.15) is 5.54 Å². The predicted molar refractivity (Wildman–Crippen MR) is 83.6 cm³/mol. The molecule has 2 aromatic rings. The van der Waals surface area contributed by atoms with E-state index in [1.807, 2.05) is 36.4 Å². The maximum Gasteiger partial charge on any atom is 0.129 e. The molecule has 1 atom stereocenters. The van der Waals surface area contributed by atoms with Gasteiger partial charge in [-0.3, -0.25) is 0 Å². The van der Waals surface area contributed by atoms with Crippen molar-refractivity contribution in [2.75, 3.05) is 5.32 Å². The minimum Gasteiger partial charge on any atom is -0.367 e. The first-order valence-corrected chi connectivity index (χ1v) is 6.98. The summed E-state index contributed by atoms with van der Waals surface area (Å²) >= 11 is 0. The van der Waals surface area contributed by atoms with Gasteiger partial charge < -0.3 is 5.32 Å². The van der Waals surface area contributed by atoms with Gasteiger partial charge in [0.15, 0.2) is 0 Å². The molecule has 0 aliphatic rings. The lowest BCUT2D eigenvalue weighted by Crippen LogP contribution is -2.38. The van der Waals surface area contributed by atoms with Crippen LogP contribution in [0.3, 0.4) is 0 Å². The highest BCUT2D eigenvalue weighted by molar-refractivity contribution is 5.54. The number of benzene rings is 2. The fourth-order valence-corrected chi connectivity index (χ4v) is 2.32. The standard InChI is InChI=1S/C18H20N2/c1-3-18(14-19,13-16-10-5-4-6-11-16)20-17-12-8-7-9-15(17)2/h4-12,20H,3,13H2,1-2H3. The summed E-state index contributed by atoms with van der Waals surface area (Å²) in [6.45, 7) is 4.11. The summed E-state index contributed by atoms with van der Waals surface area (Å²) in [7, 11) is 0. The zero-order chi connectivity index (χ0) is 14.4. The quantitative estimate of drug-likeness (QED) is 0.872. The molecular formula is C18H20N2. The van der Waals surface area contributed by atoms with E-state index in [2.05, 4.69) is 43.4 Å². The van der Waals surface area contributed by atoms with Gasteiger partial charge in [-0.15, -0.1) is 0 Å². The summed E-state index contributed by atoms with van der Waals surface area (Å²) < 4.78 is 0. The molecule has 20 heavy (non-hydrogen) atoms. The summed E-state index contributed by atoms with van der Waals surface area (Å²) in [6, 6.07) is 20.7. The van der Waals surface area contributed by atoms with E-state index in [0.717, 1.165) is 17.7 Å². The van der Waals surface area contributed by atoms with Crippen LogP contribution in [0.5, 0.6) is 0 Å². The predicted octanol–water partition coefficient (Wildman–Crippen LogP) is 4.32. The zero-order valence-corrected chi connectivity index (χ0v) is 12.1. The molecule has 1 N–H and O–H groups in total. The number of nitriles is 1. The monoisotopic (exact) mass is 264 g/mol. The molecule has 2 heteroatoms. The van der Waals surface area contributed by atoms with Crippen molar-refractivity contribution in [2.45, 2.75) is 32.2 Å². The van der Waals surface area contributed by atoms with E-state index in [4.69, 9.17) is 0 Å². The molecule has 0 aliphatic carbocycles. The van der Waals surface area contributed by atoms with E-state index in [0.29, 0.717) is 6.42 Å². The maximum absolute atomic E-state index is 9.68. The summed E-state index contributed by atoms with van der Waals surface area (Å²) in [6.07, 6.45) is 1.46. The van der Waals surface area contributed by atoms with Crippen LogP contribution in [0.4, 0.5) is 5.69 Å². The molecule has 0 aliphatic heterocycles. The fraction of sp³-hybridized carbons (Fsp3) is 0.278. The number of hydrogen-bond donors (Lipinski definition) is 1. The molecule has 102 valence electrons. The maximum atomic E-state index is 9.68. The van der Waals surface area contributed by atoms with Crippen molar-refractivity contribution in [2.24, 2.45) is 0 Å². The lowest BCUT2D eigenvalue weighted by atomic mass is 9.89. The average Bonchev–Trinajstić information content (AvgIpc) is 2.50. The van der Waals surface area contributed by atoms with Crippen LogP contribution >= 0.6 is 0 Å². The Hall–Kier alpha value is -2.27. The number of para-hydroxylation sites is 1. The van der Waals surface area contributed by atoms with E-state index in [9.17, 15) is 5.26 Å². The third kappa shape index (κ3) is 3.19. The minimum atomic E-state index is -0.562. The second-order valence-corrected chi connectivity index (χ2v) is 5.15. The molecule has 0 amide bonds. The van der Waals surface area contributed by atoms with E-state index < -0.39 is 5.54 Å². The van der Waals surface area contributed by atoms with Gasteiger partial charge in [0.25, 0.3) is 0 Å². The summed E-state index contributed by atoms with van der Waals surface area (Å²) in [5, 5.41) is 13.1. The van der Waals surface area contributed by atoms with Crippen LogP contribution in [0.15, 0.2) is 54.6 Å². The molecule has 0 saturated carbocycles. The molecule has 0 heterocycles. The SMILES string of the molecule is CCC(C#N)(Cc1ccccc1)Nc1ccccc1C. The van der Waals surface area contributed by atoms with Crippen LogP contribution in [-0.4, -0.2) is 5.54 Å². The number of rotatable bonds is 5. The Kier molecular flexibility index (Phi) is 4.42. The van der Waals surface area contributed by atoms with Crippen molar-refractivity contribution in [1.82, 2.24) is 0 Å². The molecule has 1 unspecified atom stereocenters. The highest BCUT2D eigenvalue weighted by atomic mass is 15.0. The van der Waals surface area contributed by atoms with Gasteiger partial charge in [-0.25, -0.2) is 0 Å². The average molecular weight is 264 g/mol. The highest BCUT2D eigenvalue weighted by Gasteiger charge is 2.28. The second-order valence-electron chi connectivity index (χ2n) is 5.15. The zero-order valence-electron chi connectivity index (χ0n) is 12.1.